The van der Waals surface area contributed by atoms with Crippen molar-refractivity contribution in [1.82, 2.24) is 4.57 Å². The fourth-order valence-electron chi connectivity index (χ4n) is 3.25. The summed E-state index contributed by atoms with van der Waals surface area (Å²) in [6, 6.07) is 5.52. The zero-order valence-corrected chi connectivity index (χ0v) is 19.7. The van der Waals surface area contributed by atoms with Crippen molar-refractivity contribution < 1.29 is 9.47 Å². The van der Waals surface area contributed by atoms with Gasteiger partial charge in [-0.1, -0.05) is 22.8 Å². The molecular formula is C26H36N2O3. The monoisotopic (exact) mass is 424 g/mol. The van der Waals surface area contributed by atoms with E-state index in [4.69, 9.17) is 15.2 Å². The van der Waals surface area contributed by atoms with Crippen LogP contribution in [0.3, 0.4) is 0 Å². The molecule has 0 bridgehead atoms. The number of rotatable bonds is 10. The second-order valence-corrected chi connectivity index (χ2v) is 8.26. The first-order valence-corrected chi connectivity index (χ1v) is 10.9. The number of aryl methyl sites for hydroxylation is 1. The van der Waals surface area contributed by atoms with Gasteiger partial charge in [0.05, 0.1) is 5.52 Å². The molecule has 2 rings (SSSR count). The standard InChI is InChI=1S/C26H36N2O3/c1-7-28-23-17-21(27)11-12-22(23)24(30-15-13-19(4)5)25(26(28)29)31-16-14-20(6)10-8-9-18(2)3/h9,11-14,17H,7-8,10,15-16,27H2,1-6H3. The van der Waals surface area contributed by atoms with Crippen LogP contribution >= 0.6 is 0 Å². The number of aromatic nitrogens is 1. The van der Waals surface area contributed by atoms with Crippen molar-refractivity contribution in [2.75, 3.05) is 18.9 Å². The first-order valence-electron chi connectivity index (χ1n) is 10.9. The lowest BCUT2D eigenvalue weighted by molar-refractivity contribution is 0.304. The molecule has 0 saturated carbocycles. The number of hydrogen-bond donors (Lipinski definition) is 1. The van der Waals surface area contributed by atoms with E-state index in [9.17, 15) is 4.79 Å². The normalized spacial score (nSPS) is 11.4. The minimum Gasteiger partial charge on any atom is -0.485 e. The largest absolute Gasteiger partial charge is 0.485 e. The summed E-state index contributed by atoms with van der Waals surface area (Å²) in [7, 11) is 0. The predicted octanol–water partition coefficient (Wildman–Crippen LogP) is 6.02. The molecule has 0 aliphatic heterocycles. The summed E-state index contributed by atoms with van der Waals surface area (Å²) in [5, 5.41) is 0.817. The third kappa shape index (κ3) is 6.78. The highest BCUT2D eigenvalue weighted by Crippen LogP contribution is 2.34. The van der Waals surface area contributed by atoms with Crippen LogP contribution in [0.4, 0.5) is 5.69 Å². The second kappa shape index (κ2) is 11.4. The molecule has 0 unspecified atom stereocenters. The van der Waals surface area contributed by atoms with Crippen LogP contribution in [-0.4, -0.2) is 17.8 Å². The Morgan fingerprint density at radius 2 is 1.61 bits per heavy atom. The van der Waals surface area contributed by atoms with Crippen LogP contribution in [0.2, 0.25) is 0 Å². The van der Waals surface area contributed by atoms with Crippen LogP contribution in [0.25, 0.3) is 10.9 Å². The van der Waals surface area contributed by atoms with Crippen molar-refractivity contribution in [1.29, 1.82) is 0 Å². The maximum Gasteiger partial charge on any atom is 0.297 e. The lowest BCUT2D eigenvalue weighted by Crippen LogP contribution is -2.23. The molecule has 0 radical (unpaired) electrons. The van der Waals surface area contributed by atoms with E-state index in [-0.39, 0.29) is 11.3 Å². The molecule has 0 saturated heterocycles. The van der Waals surface area contributed by atoms with Crippen LogP contribution in [-0.2, 0) is 6.54 Å². The molecule has 1 heterocycles. The zero-order valence-electron chi connectivity index (χ0n) is 19.7. The molecule has 5 heteroatoms. The van der Waals surface area contributed by atoms with Crippen molar-refractivity contribution in [3.05, 3.63) is 63.5 Å². The molecule has 0 atom stereocenters. The smallest absolute Gasteiger partial charge is 0.297 e. The van der Waals surface area contributed by atoms with Gasteiger partial charge in [-0.25, -0.2) is 0 Å². The molecule has 0 amide bonds. The van der Waals surface area contributed by atoms with Gasteiger partial charge in [-0.15, -0.1) is 0 Å². The van der Waals surface area contributed by atoms with Crippen LogP contribution in [0.5, 0.6) is 11.5 Å². The third-order valence-electron chi connectivity index (χ3n) is 4.99. The summed E-state index contributed by atoms with van der Waals surface area (Å²) in [5.74, 6) is 0.715. The number of anilines is 1. The lowest BCUT2D eigenvalue weighted by Gasteiger charge is -2.17. The van der Waals surface area contributed by atoms with E-state index in [0.717, 1.165) is 29.3 Å². The number of pyridine rings is 1. The Kier molecular flexibility index (Phi) is 8.98. The molecular weight excluding hydrogens is 388 g/mol. The number of nitrogens with zero attached hydrogens (tertiary/aromatic N) is 1. The Balaban J connectivity index is 2.42. The molecule has 0 fully saturated rings. The molecule has 5 nitrogen and oxygen atoms in total. The van der Waals surface area contributed by atoms with Gasteiger partial charge in [0.2, 0.25) is 5.75 Å². The van der Waals surface area contributed by atoms with Gasteiger partial charge in [0, 0.05) is 17.6 Å². The maximum absolute atomic E-state index is 13.2. The van der Waals surface area contributed by atoms with Crippen molar-refractivity contribution in [3.63, 3.8) is 0 Å². The molecule has 1 aromatic heterocycles. The molecule has 0 spiro atoms. The number of nitrogen functional groups attached to an aromatic ring is 1. The minimum atomic E-state index is -0.205. The summed E-state index contributed by atoms with van der Waals surface area (Å²) in [4.78, 5) is 13.2. The Hall–Kier alpha value is -2.95. The van der Waals surface area contributed by atoms with E-state index in [2.05, 4.69) is 26.8 Å². The van der Waals surface area contributed by atoms with Crippen molar-refractivity contribution in [2.45, 2.75) is 60.9 Å². The highest BCUT2D eigenvalue weighted by molar-refractivity contribution is 5.90. The first-order chi connectivity index (χ1) is 14.7. The van der Waals surface area contributed by atoms with E-state index in [1.165, 1.54) is 11.1 Å². The Labute approximate surface area is 185 Å². The minimum absolute atomic E-state index is 0.205. The molecule has 31 heavy (non-hydrogen) atoms. The average Bonchev–Trinajstić information content (AvgIpc) is 2.69. The molecule has 2 aromatic rings. The number of benzene rings is 1. The van der Waals surface area contributed by atoms with Gasteiger partial charge >= 0.3 is 0 Å². The van der Waals surface area contributed by atoms with Crippen LogP contribution in [0, 0.1) is 0 Å². The fourth-order valence-corrected chi connectivity index (χ4v) is 3.25. The van der Waals surface area contributed by atoms with Crippen molar-refractivity contribution in [3.8, 4) is 11.5 Å². The van der Waals surface area contributed by atoms with E-state index in [1.807, 2.05) is 51.1 Å². The quantitative estimate of drug-likeness (QED) is 0.374. The average molecular weight is 425 g/mol. The fraction of sp³-hybridized carbons (Fsp3) is 0.423. The Morgan fingerprint density at radius 3 is 2.26 bits per heavy atom. The van der Waals surface area contributed by atoms with Gasteiger partial charge in [-0.2, -0.15) is 0 Å². The van der Waals surface area contributed by atoms with Crippen LogP contribution in [0.1, 0.15) is 54.4 Å². The van der Waals surface area contributed by atoms with Gasteiger partial charge in [-0.05, 0) is 84.7 Å². The topological polar surface area (TPSA) is 66.5 Å². The second-order valence-electron chi connectivity index (χ2n) is 8.26. The summed E-state index contributed by atoms with van der Waals surface area (Å²) in [6.45, 7) is 13.4. The van der Waals surface area contributed by atoms with E-state index in [1.54, 1.807) is 4.57 Å². The highest BCUT2D eigenvalue weighted by Gasteiger charge is 2.19. The number of fused-ring (bicyclic) bond motifs is 1. The van der Waals surface area contributed by atoms with Crippen molar-refractivity contribution >= 4 is 16.6 Å². The molecule has 2 N–H and O–H groups in total. The van der Waals surface area contributed by atoms with E-state index in [0.29, 0.717) is 31.2 Å². The zero-order chi connectivity index (χ0) is 23.0. The van der Waals surface area contributed by atoms with Crippen LogP contribution < -0.4 is 20.8 Å². The molecule has 0 aliphatic carbocycles. The number of allylic oxidation sites excluding steroid dienone is 4. The van der Waals surface area contributed by atoms with E-state index >= 15 is 0 Å². The number of ether oxygens (including phenoxy) is 2. The van der Waals surface area contributed by atoms with Crippen molar-refractivity contribution in [2.24, 2.45) is 0 Å². The highest BCUT2D eigenvalue weighted by atomic mass is 16.5. The molecule has 168 valence electrons. The van der Waals surface area contributed by atoms with Crippen LogP contribution in [0.15, 0.2) is 57.9 Å². The predicted molar refractivity (Wildman–Crippen MR) is 131 cm³/mol. The SMILES string of the molecule is CCn1c(=O)c(OCC=C(C)CCC=C(C)C)c(OCC=C(C)C)c2ccc(N)cc21. The Bertz CT molecular complexity index is 1050. The summed E-state index contributed by atoms with van der Waals surface area (Å²) in [5.41, 5.74) is 10.8. The van der Waals surface area contributed by atoms with Gasteiger partial charge < -0.3 is 19.8 Å². The summed E-state index contributed by atoms with van der Waals surface area (Å²) in [6.07, 6.45) is 8.20. The van der Waals surface area contributed by atoms with Gasteiger partial charge in [0.1, 0.15) is 13.2 Å². The molecule has 0 aliphatic rings. The maximum atomic E-state index is 13.2. The Morgan fingerprint density at radius 1 is 0.968 bits per heavy atom. The first kappa shape index (κ1) is 24.3. The third-order valence-corrected chi connectivity index (χ3v) is 4.99. The summed E-state index contributed by atoms with van der Waals surface area (Å²) >= 11 is 0. The number of hydrogen-bond acceptors (Lipinski definition) is 4. The van der Waals surface area contributed by atoms with Gasteiger partial charge in [-0.3, -0.25) is 4.79 Å². The summed E-state index contributed by atoms with van der Waals surface area (Å²) < 4.78 is 13.7. The van der Waals surface area contributed by atoms with E-state index < -0.39 is 0 Å². The lowest BCUT2D eigenvalue weighted by atomic mass is 10.1. The molecule has 1 aromatic carbocycles. The van der Waals surface area contributed by atoms with Gasteiger partial charge in [0.15, 0.2) is 5.75 Å². The van der Waals surface area contributed by atoms with Gasteiger partial charge in [0.25, 0.3) is 5.56 Å². The number of nitrogens with two attached hydrogens (primary N) is 1.